The molecule has 7 nitrogen and oxygen atoms in total. The molecule has 0 radical (unpaired) electrons. The number of fused-ring (bicyclic) bond motifs is 1. The maximum atomic E-state index is 12.6. The molecular formula is C16H21N3O4S. The van der Waals surface area contributed by atoms with E-state index in [0.29, 0.717) is 36.1 Å². The van der Waals surface area contributed by atoms with Gasteiger partial charge in [-0.3, -0.25) is 9.36 Å². The minimum absolute atomic E-state index is 0.202. The fraction of sp³-hybridized carbons (Fsp3) is 0.562. The van der Waals surface area contributed by atoms with Gasteiger partial charge in [-0.05, 0) is 45.1 Å². The maximum absolute atomic E-state index is 12.6. The van der Waals surface area contributed by atoms with Crippen LogP contribution in [0.4, 0.5) is 4.79 Å². The van der Waals surface area contributed by atoms with Crippen LogP contribution in [0.15, 0.2) is 21.0 Å². The number of thiophene rings is 1. The van der Waals surface area contributed by atoms with Gasteiger partial charge in [0, 0.05) is 19.1 Å². The highest BCUT2D eigenvalue weighted by atomic mass is 32.1. The third-order valence-corrected chi connectivity index (χ3v) is 4.92. The van der Waals surface area contributed by atoms with Crippen molar-refractivity contribution in [3.8, 4) is 0 Å². The van der Waals surface area contributed by atoms with E-state index in [9.17, 15) is 14.4 Å². The second-order valence-corrected chi connectivity index (χ2v) is 7.88. The number of rotatable bonds is 1. The van der Waals surface area contributed by atoms with Gasteiger partial charge in [0.05, 0.1) is 5.52 Å². The normalized spacial score (nSPS) is 16.5. The summed E-state index contributed by atoms with van der Waals surface area (Å²) in [6, 6.07) is 1.53. The van der Waals surface area contributed by atoms with Crippen LogP contribution in [0, 0.1) is 0 Å². The first-order valence-corrected chi connectivity index (χ1v) is 8.84. The lowest BCUT2D eigenvalue weighted by Crippen LogP contribution is -2.46. The van der Waals surface area contributed by atoms with Gasteiger partial charge >= 0.3 is 11.8 Å². The molecule has 1 aliphatic heterocycles. The Kier molecular flexibility index (Phi) is 4.25. The van der Waals surface area contributed by atoms with E-state index in [-0.39, 0.29) is 23.4 Å². The van der Waals surface area contributed by atoms with Crippen molar-refractivity contribution < 1.29 is 9.53 Å². The van der Waals surface area contributed by atoms with E-state index in [1.165, 1.54) is 15.9 Å². The topological polar surface area (TPSA) is 84.4 Å². The molecule has 1 aliphatic rings. The number of hydrogen-bond acceptors (Lipinski definition) is 5. The molecule has 24 heavy (non-hydrogen) atoms. The molecule has 0 saturated carbocycles. The molecule has 130 valence electrons. The standard InChI is InChI=1S/C16H21N3O4S/c1-16(2,3)23-15(22)18-7-4-10(5-8-18)19-13(20)12-11(6-9-24-12)17-14(19)21/h6,9-10H,4-5,7-8H2,1-3H3,(H,17,21). The zero-order chi connectivity index (χ0) is 17.5. The molecule has 8 heteroatoms. The van der Waals surface area contributed by atoms with Crippen LogP contribution in [-0.2, 0) is 4.74 Å². The van der Waals surface area contributed by atoms with Crippen molar-refractivity contribution in [2.75, 3.05) is 13.1 Å². The number of aromatic nitrogens is 2. The van der Waals surface area contributed by atoms with Crippen LogP contribution in [0.25, 0.3) is 10.2 Å². The summed E-state index contributed by atoms with van der Waals surface area (Å²) >= 11 is 1.32. The number of ether oxygens (including phenoxy) is 1. The number of nitrogens with zero attached hydrogens (tertiary/aromatic N) is 2. The quantitative estimate of drug-likeness (QED) is 0.854. The summed E-state index contributed by atoms with van der Waals surface area (Å²) in [5.74, 6) is 0. The Balaban J connectivity index is 1.77. The minimum Gasteiger partial charge on any atom is -0.444 e. The van der Waals surface area contributed by atoms with Gasteiger partial charge in [0.15, 0.2) is 0 Å². The van der Waals surface area contributed by atoms with E-state index in [1.54, 1.807) is 16.3 Å². The van der Waals surface area contributed by atoms with Crippen molar-refractivity contribution in [2.24, 2.45) is 0 Å². The first-order chi connectivity index (χ1) is 11.3. The van der Waals surface area contributed by atoms with E-state index in [0.717, 1.165) is 0 Å². The number of hydrogen-bond donors (Lipinski definition) is 1. The van der Waals surface area contributed by atoms with Gasteiger partial charge in [0.1, 0.15) is 10.3 Å². The molecule has 0 unspecified atom stereocenters. The number of aromatic amines is 1. The summed E-state index contributed by atoms with van der Waals surface area (Å²) in [7, 11) is 0. The molecule has 0 aromatic carbocycles. The second kappa shape index (κ2) is 6.08. The van der Waals surface area contributed by atoms with Crippen LogP contribution in [-0.4, -0.2) is 39.2 Å². The highest BCUT2D eigenvalue weighted by Gasteiger charge is 2.29. The van der Waals surface area contributed by atoms with Gasteiger partial charge < -0.3 is 14.6 Å². The Bertz CT molecular complexity index is 866. The Morgan fingerprint density at radius 3 is 2.58 bits per heavy atom. The van der Waals surface area contributed by atoms with Crippen LogP contribution >= 0.6 is 11.3 Å². The first kappa shape index (κ1) is 16.8. The summed E-state index contributed by atoms with van der Waals surface area (Å²) in [5.41, 5.74) is -0.592. The SMILES string of the molecule is CC(C)(C)OC(=O)N1CCC(n2c(=O)[nH]c3ccsc3c2=O)CC1. The molecule has 1 amide bonds. The minimum atomic E-state index is -0.535. The molecule has 0 spiro atoms. The summed E-state index contributed by atoms with van der Waals surface area (Å²) in [6.07, 6.45) is 0.758. The van der Waals surface area contributed by atoms with Gasteiger partial charge in [-0.2, -0.15) is 0 Å². The third kappa shape index (κ3) is 3.24. The van der Waals surface area contributed by atoms with Crippen molar-refractivity contribution in [1.29, 1.82) is 0 Å². The van der Waals surface area contributed by atoms with Crippen molar-refractivity contribution in [2.45, 2.75) is 45.3 Å². The molecule has 1 saturated heterocycles. The first-order valence-electron chi connectivity index (χ1n) is 7.96. The lowest BCUT2D eigenvalue weighted by atomic mass is 10.1. The number of carbonyl (C=O) groups is 1. The second-order valence-electron chi connectivity index (χ2n) is 6.97. The Hall–Kier alpha value is -2.09. The number of carbonyl (C=O) groups excluding carboxylic acids is 1. The number of H-pyrrole nitrogens is 1. The number of nitrogens with one attached hydrogen (secondary N) is 1. The van der Waals surface area contributed by atoms with E-state index in [2.05, 4.69) is 4.98 Å². The summed E-state index contributed by atoms with van der Waals surface area (Å²) in [4.78, 5) is 41.3. The predicted molar refractivity (Wildman–Crippen MR) is 92.8 cm³/mol. The Labute approximate surface area is 142 Å². The van der Waals surface area contributed by atoms with Crippen LogP contribution in [0.3, 0.4) is 0 Å². The van der Waals surface area contributed by atoms with Gasteiger partial charge in [-0.15, -0.1) is 11.3 Å². The van der Waals surface area contributed by atoms with Crippen LogP contribution in [0.2, 0.25) is 0 Å². The van der Waals surface area contributed by atoms with Crippen LogP contribution in [0.1, 0.15) is 39.7 Å². The van der Waals surface area contributed by atoms with Gasteiger partial charge in [0.2, 0.25) is 0 Å². The Morgan fingerprint density at radius 2 is 1.96 bits per heavy atom. The average molecular weight is 351 g/mol. The molecule has 0 bridgehead atoms. The van der Waals surface area contributed by atoms with E-state index < -0.39 is 5.60 Å². The monoisotopic (exact) mass is 351 g/mol. The Morgan fingerprint density at radius 1 is 1.29 bits per heavy atom. The molecule has 2 aromatic heterocycles. The van der Waals surface area contributed by atoms with Crippen molar-refractivity contribution in [1.82, 2.24) is 14.5 Å². The smallest absolute Gasteiger partial charge is 0.410 e. The zero-order valence-electron chi connectivity index (χ0n) is 14.0. The largest absolute Gasteiger partial charge is 0.444 e. The van der Waals surface area contributed by atoms with Crippen molar-refractivity contribution in [3.05, 3.63) is 32.3 Å². The van der Waals surface area contributed by atoms with Crippen molar-refractivity contribution in [3.63, 3.8) is 0 Å². The van der Waals surface area contributed by atoms with E-state index >= 15 is 0 Å². The fourth-order valence-corrected chi connectivity index (χ4v) is 3.70. The van der Waals surface area contributed by atoms with Gasteiger partial charge in [0.25, 0.3) is 5.56 Å². The maximum Gasteiger partial charge on any atom is 0.410 e. The number of amides is 1. The predicted octanol–water partition coefficient (Wildman–Crippen LogP) is 2.32. The van der Waals surface area contributed by atoms with Gasteiger partial charge in [-0.1, -0.05) is 0 Å². The average Bonchev–Trinajstić information content (AvgIpc) is 2.94. The highest BCUT2D eigenvalue weighted by Crippen LogP contribution is 2.22. The van der Waals surface area contributed by atoms with E-state index in [1.807, 2.05) is 20.8 Å². The summed E-state index contributed by atoms with van der Waals surface area (Å²) in [6.45, 7) is 6.41. The molecule has 0 atom stereocenters. The fourth-order valence-electron chi connectivity index (χ4n) is 2.92. The van der Waals surface area contributed by atoms with Crippen LogP contribution < -0.4 is 11.2 Å². The summed E-state index contributed by atoms with van der Waals surface area (Å²) < 4.78 is 7.22. The van der Waals surface area contributed by atoms with E-state index in [4.69, 9.17) is 4.74 Å². The molecule has 3 rings (SSSR count). The third-order valence-electron chi connectivity index (χ3n) is 4.02. The van der Waals surface area contributed by atoms with Crippen LogP contribution in [0.5, 0.6) is 0 Å². The zero-order valence-corrected chi connectivity index (χ0v) is 14.8. The lowest BCUT2D eigenvalue weighted by Gasteiger charge is -2.33. The highest BCUT2D eigenvalue weighted by molar-refractivity contribution is 7.17. The van der Waals surface area contributed by atoms with Crippen molar-refractivity contribution >= 4 is 27.6 Å². The molecule has 3 heterocycles. The molecular weight excluding hydrogens is 330 g/mol. The lowest BCUT2D eigenvalue weighted by molar-refractivity contribution is 0.0186. The molecule has 1 N–H and O–H groups in total. The number of piperidine rings is 1. The molecule has 2 aromatic rings. The van der Waals surface area contributed by atoms with Gasteiger partial charge in [-0.25, -0.2) is 9.59 Å². The number of likely N-dealkylation sites (tertiary alicyclic amines) is 1. The molecule has 1 fully saturated rings. The molecule has 0 aliphatic carbocycles. The summed E-state index contributed by atoms with van der Waals surface area (Å²) in [5, 5.41) is 1.79.